The smallest absolute Gasteiger partial charge is 0.00410 e. The van der Waals surface area contributed by atoms with Crippen LogP contribution in [-0.2, 0) is 0 Å². The van der Waals surface area contributed by atoms with Crippen LogP contribution in [0.4, 0.5) is 0 Å². The van der Waals surface area contributed by atoms with Crippen LogP contribution in [0.1, 0.15) is 40.0 Å². The average Bonchev–Trinajstić information content (AvgIpc) is 2.49. The Morgan fingerprint density at radius 1 is 1.36 bits per heavy atom. The van der Waals surface area contributed by atoms with Gasteiger partial charge in [0.1, 0.15) is 0 Å². The monoisotopic (exact) mass is 150 g/mol. The molecule has 2 rings (SSSR count). The first-order valence-corrected chi connectivity index (χ1v) is 4.68. The van der Waals surface area contributed by atoms with Gasteiger partial charge < -0.3 is 0 Å². The number of hydrogen-bond donors (Lipinski definition) is 0. The molecule has 0 nitrogen and oxygen atoms in total. The molecular formula is C11H18. The highest BCUT2D eigenvalue weighted by molar-refractivity contribution is 5.35. The fourth-order valence-electron chi connectivity index (χ4n) is 1.87. The van der Waals surface area contributed by atoms with Crippen LogP contribution in [0.5, 0.6) is 0 Å². The highest BCUT2D eigenvalue weighted by Gasteiger charge is 2.32. The topological polar surface area (TPSA) is 0 Å². The Hall–Kier alpha value is -0.520. The molecule has 62 valence electrons. The lowest BCUT2D eigenvalue weighted by Gasteiger charge is -2.19. The predicted octanol–water partition coefficient (Wildman–Crippen LogP) is 3.70. The molecule has 0 heteroatoms. The van der Waals surface area contributed by atoms with E-state index in [1.165, 1.54) is 19.3 Å². The largest absolute Gasteiger partial charge is 0.0834 e. The van der Waals surface area contributed by atoms with Crippen LogP contribution < -0.4 is 0 Å². The van der Waals surface area contributed by atoms with Crippen molar-refractivity contribution in [1.82, 2.24) is 0 Å². The summed E-state index contributed by atoms with van der Waals surface area (Å²) in [5, 5.41) is 0. The molecule has 2 aliphatic carbocycles. The molecule has 0 N–H and O–H groups in total. The van der Waals surface area contributed by atoms with E-state index in [0.29, 0.717) is 5.41 Å². The minimum atomic E-state index is 0.556. The van der Waals surface area contributed by atoms with Crippen molar-refractivity contribution in [2.45, 2.75) is 40.0 Å². The van der Waals surface area contributed by atoms with Crippen molar-refractivity contribution in [3.8, 4) is 0 Å². The van der Waals surface area contributed by atoms with Crippen molar-refractivity contribution in [3.63, 3.8) is 0 Å². The Labute approximate surface area is 70.0 Å². The van der Waals surface area contributed by atoms with E-state index in [1.54, 1.807) is 5.57 Å². The first-order chi connectivity index (χ1) is 5.31. The maximum Gasteiger partial charge on any atom is -0.00410 e. The standard InChI is InChI=1S/C9H12.C2H6/c1-9-6-2-4-8(9)5-3-7-9;1-2/h2,4-5H,3,6-7H2,1H3;1-2H3. The van der Waals surface area contributed by atoms with Gasteiger partial charge in [0.05, 0.1) is 0 Å². The summed E-state index contributed by atoms with van der Waals surface area (Å²) in [7, 11) is 0. The molecule has 0 radical (unpaired) electrons. The van der Waals surface area contributed by atoms with Gasteiger partial charge in [-0.05, 0) is 30.3 Å². The summed E-state index contributed by atoms with van der Waals surface area (Å²) in [6.45, 7) is 6.37. The highest BCUT2D eigenvalue weighted by Crippen LogP contribution is 2.46. The zero-order chi connectivity index (χ0) is 8.32. The van der Waals surface area contributed by atoms with Gasteiger partial charge in [0.2, 0.25) is 0 Å². The highest BCUT2D eigenvalue weighted by atomic mass is 14.4. The van der Waals surface area contributed by atoms with Crippen LogP contribution >= 0.6 is 0 Å². The van der Waals surface area contributed by atoms with E-state index >= 15 is 0 Å². The van der Waals surface area contributed by atoms with Gasteiger partial charge >= 0.3 is 0 Å². The fraction of sp³-hybridized carbons (Fsp3) is 0.636. The van der Waals surface area contributed by atoms with E-state index in [-0.39, 0.29) is 0 Å². The maximum atomic E-state index is 2.38. The summed E-state index contributed by atoms with van der Waals surface area (Å²) in [5.74, 6) is 0. The quantitative estimate of drug-likeness (QED) is 0.494. The van der Waals surface area contributed by atoms with Crippen molar-refractivity contribution in [3.05, 3.63) is 23.8 Å². The Balaban J connectivity index is 0.000000281. The van der Waals surface area contributed by atoms with E-state index in [2.05, 4.69) is 25.2 Å². The minimum absolute atomic E-state index is 0.556. The molecular weight excluding hydrogens is 132 g/mol. The van der Waals surface area contributed by atoms with Gasteiger partial charge in [0.25, 0.3) is 0 Å². The molecule has 0 bridgehead atoms. The number of fused-ring (bicyclic) bond motifs is 1. The Morgan fingerprint density at radius 3 is 2.73 bits per heavy atom. The molecule has 0 aliphatic heterocycles. The Bertz CT molecular complexity index is 186. The van der Waals surface area contributed by atoms with E-state index in [0.717, 1.165) is 0 Å². The zero-order valence-corrected chi connectivity index (χ0v) is 7.85. The third-order valence-electron chi connectivity index (χ3n) is 2.62. The average molecular weight is 150 g/mol. The fourth-order valence-corrected chi connectivity index (χ4v) is 1.87. The van der Waals surface area contributed by atoms with Crippen molar-refractivity contribution in [2.75, 3.05) is 0 Å². The Kier molecular flexibility index (Phi) is 2.53. The predicted molar refractivity (Wildman–Crippen MR) is 50.5 cm³/mol. The van der Waals surface area contributed by atoms with Crippen molar-refractivity contribution < 1.29 is 0 Å². The second-order valence-corrected chi connectivity index (χ2v) is 3.37. The summed E-state index contributed by atoms with van der Waals surface area (Å²) in [6, 6.07) is 0. The summed E-state index contributed by atoms with van der Waals surface area (Å²) in [4.78, 5) is 0. The molecule has 0 heterocycles. The van der Waals surface area contributed by atoms with E-state index in [9.17, 15) is 0 Å². The molecule has 0 spiro atoms. The molecule has 1 unspecified atom stereocenters. The molecule has 0 amide bonds. The molecule has 0 fully saturated rings. The lowest BCUT2D eigenvalue weighted by atomic mass is 9.85. The van der Waals surface area contributed by atoms with Crippen LogP contribution in [0, 0.1) is 5.41 Å². The lowest BCUT2D eigenvalue weighted by Crippen LogP contribution is -2.08. The summed E-state index contributed by atoms with van der Waals surface area (Å²) >= 11 is 0. The van der Waals surface area contributed by atoms with E-state index < -0.39 is 0 Å². The van der Waals surface area contributed by atoms with Gasteiger partial charge in [-0.3, -0.25) is 0 Å². The number of allylic oxidation sites excluding steroid dienone is 4. The minimum Gasteiger partial charge on any atom is -0.0834 e. The van der Waals surface area contributed by atoms with Gasteiger partial charge in [-0.2, -0.15) is 0 Å². The first-order valence-electron chi connectivity index (χ1n) is 4.68. The zero-order valence-electron chi connectivity index (χ0n) is 7.85. The lowest BCUT2D eigenvalue weighted by molar-refractivity contribution is 0.422. The van der Waals surface area contributed by atoms with Crippen LogP contribution in [0.15, 0.2) is 23.8 Å². The number of hydrogen-bond acceptors (Lipinski definition) is 0. The van der Waals surface area contributed by atoms with Gasteiger partial charge in [-0.25, -0.2) is 0 Å². The third-order valence-corrected chi connectivity index (χ3v) is 2.62. The molecule has 1 atom stereocenters. The molecule has 0 aromatic rings. The summed E-state index contributed by atoms with van der Waals surface area (Å²) in [6.07, 6.45) is 10.9. The molecule has 11 heavy (non-hydrogen) atoms. The molecule has 2 aliphatic rings. The molecule has 0 aromatic heterocycles. The SMILES string of the molecule is CC.CC12CC=CC1=CCC2. The second kappa shape index (κ2) is 3.25. The van der Waals surface area contributed by atoms with E-state index in [4.69, 9.17) is 0 Å². The molecule has 0 saturated heterocycles. The van der Waals surface area contributed by atoms with Crippen LogP contribution in [0.3, 0.4) is 0 Å². The van der Waals surface area contributed by atoms with Crippen molar-refractivity contribution >= 4 is 0 Å². The van der Waals surface area contributed by atoms with Gasteiger partial charge in [0, 0.05) is 0 Å². The Morgan fingerprint density at radius 2 is 2.09 bits per heavy atom. The van der Waals surface area contributed by atoms with Gasteiger partial charge in [-0.1, -0.05) is 39.0 Å². The maximum absolute atomic E-state index is 2.38. The van der Waals surface area contributed by atoms with Crippen LogP contribution in [0.2, 0.25) is 0 Å². The van der Waals surface area contributed by atoms with Crippen LogP contribution in [-0.4, -0.2) is 0 Å². The van der Waals surface area contributed by atoms with Crippen molar-refractivity contribution in [2.24, 2.45) is 5.41 Å². The van der Waals surface area contributed by atoms with Crippen LogP contribution in [0.25, 0.3) is 0 Å². The van der Waals surface area contributed by atoms with Gasteiger partial charge in [-0.15, -0.1) is 0 Å². The molecule has 0 saturated carbocycles. The normalized spacial score (nSPS) is 32.5. The second-order valence-electron chi connectivity index (χ2n) is 3.37. The third kappa shape index (κ3) is 1.40. The summed E-state index contributed by atoms with van der Waals surface area (Å²) < 4.78 is 0. The van der Waals surface area contributed by atoms with Gasteiger partial charge in [0.15, 0.2) is 0 Å². The van der Waals surface area contributed by atoms with Crippen molar-refractivity contribution in [1.29, 1.82) is 0 Å². The first kappa shape index (κ1) is 8.58. The molecule has 0 aromatic carbocycles. The van der Waals surface area contributed by atoms with E-state index in [1.807, 2.05) is 13.8 Å². The number of rotatable bonds is 0. The summed E-state index contributed by atoms with van der Waals surface area (Å²) in [5.41, 5.74) is 2.14.